The molecule has 2 N–H and O–H groups in total. The van der Waals surface area contributed by atoms with E-state index in [1.807, 2.05) is 0 Å². The lowest BCUT2D eigenvalue weighted by Gasteiger charge is -2.14. The first kappa shape index (κ1) is 17.6. The summed E-state index contributed by atoms with van der Waals surface area (Å²) >= 11 is 0. The van der Waals surface area contributed by atoms with E-state index in [1.165, 1.54) is 0 Å². The van der Waals surface area contributed by atoms with E-state index in [1.54, 1.807) is 34.0 Å². The number of esters is 1. The highest BCUT2D eigenvalue weighted by atomic mass is 16.5. The predicted octanol–water partition coefficient (Wildman–Crippen LogP) is 1.28. The minimum atomic E-state index is -0.754. The van der Waals surface area contributed by atoms with E-state index in [4.69, 9.17) is 4.74 Å². The Morgan fingerprint density at radius 2 is 1.95 bits per heavy atom. The second kappa shape index (κ2) is 8.68. The molecule has 0 fully saturated rings. The normalized spacial score (nSPS) is 11.6. The van der Waals surface area contributed by atoms with Gasteiger partial charge in [0.05, 0.1) is 12.3 Å². The van der Waals surface area contributed by atoms with E-state index in [0.717, 1.165) is 0 Å². The summed E-state index contributed by atoms with van der Waals surface area (Å²) < 4.78 is 4.72. The van der Waals surface area contributed by atoms with Gasteiger partial charge in [0.1, 0.15) is 11.4 Å². The molecule has 6 heteroatoms. The summed E-state index contributed by atoms with van der Waals surface area (Å²) in [6, 6.07) is 0. The highest BCUT2D eigenvalue weighted by molar-refractivity contribution is 6.16. The Morgan fingerprint density at radius 1 is 1.35 bits per heavy atom. The predicted molar refractivity (Wildman–Crippen MR) is 79.0 cm³/mol. The van der Waals surface area contributed by atoms with Crippen LogP contribution in [-0.2, 0) is 14.3 Å². The Kier molecular flexibility index (Phi) is 7.65. The summed E-state index contributed by atoms with van der Waals surface area (Å²) in [4.78, 5) is 27.4. The maximum atomic E-state index is 11.9. The molecule has 0 aliphatic heterocycles. The number of carbonyl (C=O) groups excluding carboxylic acids is 2. The number of hydrogen-bond donors (Lipinski definition) is 2. The monoisotopic (exact) mass is 279 g/mol. The molecule has 0 aromatic rings. The molecule has 0 atom stereocenters. The third kappa shape index (κ3) is 5.09. The Bertz CT molecular complexity index is 476. The van der Waals surface area contributed by atoms with Gasteiger partial charge in [0, 0.05) is 13.3 Å². The van der Waals surface area contributed by atoms with Crippen molar-refractivity contribution >= 4 is 18.1 Å². The number of nitrogens with one attached hydrogen (secondary N) is 2. The summed E-state index contributed by atoms with van der Waals surface area (Å²) in [5.41, 5.74) is 0.701. The number of hydrogen-bond acceptors (Lipinski definition) is 5. The van der Waals surface area contributed by atoms with Crippen molar-refractivity contribution in [1.82, 2.24) is 10.6 Å². The smallest absolute Gasteiger partial charge is 0.343 e. The summed E-state index contributed by atoms with van der Waals surface area (Å²) in [6.45, 7) is 12.5. The lowest BCUT2D eigenvalue weighted by Crippen LogP contribution is -2.31. The first-order chi connectivity index (χ1) is 9.38. The molecule has 0 spiro atoms. The van der Waals surface area contributed by atoms with E-state index < -0.39 is 11.9 Å². The number of amides is 1. The SMILES string of the molecule is C=C(C(=O)N/C(C(=C)C)=C(/N=CC)NC)C(=O)OCC. The Balaban J connectivity index is 5.21. The maximum absolute atomic E-state index is 11.9. The van der Waals surface area contributed by atoms with Crippen molar-refractivity contribution in [2.45, 2.75) is 20.8 Å². The van der Waals surface area contributed by atoms with Gasteiger partial charge in [-0.1, -0.05) is 13.2 Å². The maximum Gasteiger partial charge on any atom is 0.343 e. The molecule has 0 radical (unpaired) electrons. The van der Waals surface area contributed by atoms with Gasteiger partial charge >= 0.3 is 5.97 Å². The third-order valence-corrected chi connectivity index (χ3v) is 2.19. The summed E-state index contributed by atoms with van der Waals surface area (Å²) in [7, 11) is 1.66. The van der Waals surface area contributed by atoms with Gasteiger partial charge < -0.3 is 15.4 Å². The van der Waals surface area contributed by atoms with Crippen LogP contribution in [0.5, 0.6) is 0 Å². The topological polar surface area (TPSA) is 79.8 Å². The fourth-order valence-corrected chi connectivity index (χ4v) is 1.25. The first-order valence-corrected chi connectivity index (χ1v) is 6.12. The molecule has 0 aromatic heterocycles. The number of rotatable bonds is 7. The van der Waals surface area contributed by atoms with Gasteiger partial charge in [0.2, 0.25) is 0 Å². The van der Waals surface area contributed by atoms with Gasteiger partial charge in [0.15, 0.2) is 0 Å². The Labute approximate surface area is 119 Å². The quantitative estimate of drug-likeness (QED) is 0.184. The summed E-state index contributed by atoms with van der Waals surface area (Å²) in [6.07, 6.45) is 1.57. The van der Waals surface area contributed by atoms with Crippen LogP contribution in [-0.4, -0.2) is 31.7 Å². The molecular weight excluding hydrogens is 258 g/mol. The van der Waals surface area contributed by atoms with Crippen LogP contribution >= 0.6 is 0 Å². The standard InChI is InChI=1S/C14H21N3O3/c1-7-16-12(15-6)11(9(3)4)17-13(18)10(5)14(19)20-8-2/h7,15H,3,5,8H2,1-2,4,6H3,(H,17,18)/b12-11+,16-7?. The largest absolute Gasteiger partial charge is 0.462 e. The highest BCUT2D eigenvalue weighted by Crippen LogP contribution is 2.10. The average molecular weight is 279 g/mol. The second-order valence-corrected chi connectivity index (χ2v) is 3.79. The van der Waals surface area contributed by atoms with Crippen LogP contribution < -0.4 is 10.6 Å². The summed E-state index contributed by atoms with van der Waals surface area (Å²) in [5.74, 6) is -0.971. The van der Waals surface area contributed by atoms with E-state index in [9.17, 15) is 9.59 Å². The number of nitrogens with zero attached hydrogens (tertiary/aromatic N) is 1. The van der Waals surface area contributed by atoms with Gasteiger partial charge in [-0.15, -0.1) is 0 Å². The van der Waals surface area contributed by atoms with Crippen molar-refractivity contribution in [3.8, 4) is 0 Å². The molecule has 0 bridgehead atoms. The van der Waals surface area contributed by atoms with Crippen molar-refractivity contribution in [2.24, 2.45) is 4.99 Å². The Morgan fingerprint density at radius 3 is 2.35 bits per heavy atom. The zero-order valence-electron chi connectivity index (χ0n) is 12.4. The second-order valence-electron chi connectivity index (χ2n) is 3.79. The molecule has 0 aliphatic rings. The number of carbonyl (C=O) groups is 2. The van der Waals surface area contributed by atoms with Crippen LogP contribution in [0.1, 0.15) is 20.8 Å². The fourth-order valence-electron chi connectivity index (χ4n) is 1.25. The number of allylic oxidation sites excluding steroid dienone is 1. The molecule has 0 unspecified atom stereocenters. The lowest BCUT2D eigenvalue weighted by molar-refractivity contribution is -0.140. The molecule has 0 saturated heterocycles. The molecule has 6 nitrogen and oxygen atoms in total. The van der Waals surface area contributed by atoms with Gasteiger partial charge in [0.25, 0.3) is 5.91 Å². The molecule has 0 aromatic carbocycles. The molecular formula is C14H21N3O3. The van der Waals surface area contributed by atoms with Crippen molar-refractivity contribution in [2.75, 3.05) is 13.7 Å². The molecule has 110 valence electrons. The minimum Gasteiger partial charge on any atom is -0.462 e. The zero-order valence-corrected chi connectivity index (χ0v) is 12.4. The number of ether oxygens (including phenoxy) is 1. The fraction of sp³-hybridized carbons (Fsp3) is 0.357. The first-order valence-electron chi connectivity index (χ1n) is 6.12. The van der Waals surface area contributed by atoms with Crippen LogP contribution in [0.4, 0.5) is 0 Å². The number of aliphatic imine (C=N–C) groups is 1. The van der Waals surface area contributed by atoms with Crippen molar-refractivity contribution in [3.63, 3.8) is 0 Å². The molecule has 0 heterocycles. The summed E-state index contributed by atoms with van der Waals surface area (Å²) in [5, 5.41) is 5.40. The molecule has 0 rings (SSSR count). The van der Waals surface area contributed by atoms with Crippen LogP contribution in [0.25, 0.3) is 0 Å². The third-order valence-electron chi connectivity index (χ3n) is 2.19. The van der Waals surface area contributed by atoms with Gasteiger partial charge in [-0.2, -0.15) is 0 Å². The molecule has 0 saturated carbocycles. The van der Waals surface area contributed by atoms with Crippen LogP contribution in [0.15, 0.2) is 40.8 Å². The molecule has 0 aliphatic carbocycles. The minimum absolute atomic E-state index is 0.177. The van der Waals surface area contributed by atoms with Crippen molar-refractivity contribution < 1.29 is 14.3 Å². The zero-order chi connectivity index (χ0) is 15.7. The van der Waals surface area contributed by atoms with Gasteiger partial charge in [-0.05, 0) is 26.3 Å². The highest BCUT2D eigenvalue weighted by Gasteiger charge is 2.19. The van der Waals surface area contributed by atoms with E-state index in [-0.39, 0.29) is 12.2 Å². The van der Waals surface area contributed by atoms with Crippen LogP contribution in [0, 0.1) is 0 Å². The molecule has 1 amide bonds. The van der Waals surface area contributed by atoms with Crippen LogP contribution in [0.2, 0.25) is 0 Å². The van der Waals surface area contributed by atoms with Gasteiger partial charge in [-0.3, -0.25) is 4.79 Å². The van der Waals surface area contributed by atoms with E-state index in [2.05, 4.69) is 28.8 Å². The van der Waals surface area contributed by atoms with Crippen molar-refractivity contribution in [3.05, 3.63) is 35.8 Å². The lowest BCUT2D eigenvalue weighted by atomic mass is 10.2. The van der Waals surface area contributed by atoms with Crippen molar-refractivity contribution in [1.29, 1.82) is 0 Å². The van der Waals surface area contributed by atoms with Gasteiger partial charge in [-0.25, -0.2) is 9.79 Å². The van der Waals surface area contributed by atoms with E-state index >= 15 is 0 Å². The molecule has 20 heavy (non-hydrogen) atoms. The van der Waals surface area contributed by atoms with Crippen LogP contribution in [0.3, 0.4) is 0 Å². The average Bonchev–Trinajstić information content (AvgIpc) is 2.41. The Hall–Kier alpha value is -2.37. The van der Waals surface area contributed by atoms with E-state index in [0.29, 0.717) is 17.1 Å².